The smallest absolute Gasteiger partial charge is 0.257 e. The highest BCUT2D eigenvalue weighted by Crippen LogP contribution is 2.28. The van der Waals surface area contributed by atoms with Crippen LogP contribution in [0.15, 0.2) is 18.5 Å². The average molecular weight is 205 g/mol. The van der Waals surface area contributed by atoms with Gasteiger partial charge in [0.15, 0.2) is 0 Å². The quantitative estimate of drug-likeness (QED) is 0.808. The minimum absolute atomic E-state index is 0.00519. The summed E-state index contributed by atoms with van der Waals surface area (Å²) < 4.78 is 0. The van der Waals surface area contributed by atoms with Gasteiger partial charge in [0.2, 0.25) is 0 Å². The van der Waals surface area contributed by atoms with Crippen LogP contribution in [-0.4, -0.2) is 28.4 Å². The molecule has 0 saturated heterocycles. The van der Waals surface area contributed by atoms with Gasteiger partial charge in [-0.3, -0.25) is 9.78 Å². The number of hydrogen-bond donors (Lipinski definition) is 1. The predicted molar refractivity (Wildman–Crippen MR) is 58.4 cm³/mol. The normalized spacial score (nSPS) is 15.0. The number of nitrogen functional groups attached to an aromatic ring is 1. The fraction of sp³-hybridized carbons (Fsp3) is 0.455. The fourth-order valence-electron chi connectivity index (χ4n) is 1.69. The molecular weight excluding hydrogens is 190 g/mol. The lowest BCUT2D eigenvalue weighted by Gasteiger charge is -2.20. The zero-order chi connectivity index (χ0) is 10.8. The molecule has 0 radical (unpaired) electrons. The fourth-order valence-corrected chi connectivity index (χ4v) is 1.69. The number of pyridine rings is 1. The van der Waals surface area contributed by atoms with Crippen LogP contribution in [0, 0.1) is 0 Å². The Bertz CT molecular complexity index is 374. The Kier molecular flexibility index (Phi) is 2.58. The van der Waals surface area contributed by atoms with Crippen molar-refractivity contribution in [2.75, 3.05) is 12.3 Å². The molecule has 0 aromatic carbocycles. The van der Waals surface area contributed by atoms with Gasteiger partial charge in [0, 0.05) is 30.7 Å². The van der Waals surface area contributed by atoms with E-state index in [1.165, 1.54) is 0 Å². The molecule has 2 rings (SSSR count). The Hall–Kier alpha value is -1.58. The van der Waals surface area contributed by atoms with E-state index in [1.807, 2.05) is 11.8 Å². The summed E-state index contributed by atoms with van der Waals surface area (Å²) in [6, 6.07) is 2.08. The molecule has 1 aromatic heterocycles. The summed E-state index contributed by atoms with van der Waals surface area (Å²) in [5.41, 5.74) is 6.78. The molecule has 1 amide bonds. The number of aromatic nitrogens is 1. The van der Waals surface area contributed by atoms with Gasteiger partial charge in [-0.15, -0.1) is 0 Å². The van der Waals surface area contributed by atoms with Gasteiger partial charge in [-0.2, -0.15) is 0 Å². The molecule has 0 aliphatic heterocycles. The zero-order valence-electron chi connectivity index (χ0n) is 8.81. The molecule has 0 atom stereocenters. The lowest BCUT2D eigenvalue weighted by Crippen LogP contribution is -2.33. The standard InChI is InChI=1S/C11H15N3O/c1-2-14(8-3-4-8)11(15)9-7-13-6-5-10(9)12/h5-8H,2-4H2,1H3,(H2,12,13). The second-order valence-electron chi connectivity index (χ2n) is 3.79. The van der Waals surface area contributed by atoms with Gasteiger partial charge in [0.25, 0.3) is 5.91 Å². The number of nitrogens with two attached hydrogens (primary N) is 1. The topological polar surface area (TPSA) is 59.2 Å². The monoisotopic (exact) mass is 205 g/mol. The number of carbonyl (C=O) groups excluding carboxylic acids is 1. The molecule has 80 valence electrons. The van der Waals surface area contributed by atoms with E-state index in [2.05, 4.69) is 4.98 Å². The summed E-state index contributed by atoms with van der Waals surface area (Å²) in [5.74, 6) is 0.00519. The molecule has 1 aromatic rings. The van der Waals surface area contributed by atoms with E-state index in [0.29, 0.717) is 17.3 Å². The second-order valence-corrected chi connectivity index (χ2v) is 3.79. The van der Waals surface area contributed by atoms with E-state index in [0.717, 1.165) is 19.4 Å². The highest BCUT2D eigenvalue weighted by molar-refractivity contribution is 5.99. The molecule has 15 heavy (non-hydrogen) atoms. The minimum Gasteiger partial charge on any atom is -0.398 e. The number of hydrogen-bond acceptors (Lipinski definition) is 3. The van der Waals surface area contributed by atoms with Gasteiger partial charge in [0.05, 0.1) is 5.56 Å². The van der Waals surface area contributed by atoms with Crippen molar-refractivity contribution >= 4 is 11.6 Å². The second kappa shape index (κ2) is 3.88. The van der Waals surface area contributed by atoms with E-state index in [4.69, 9.17) is 5.73 Å². The van der Waals surface area contributed by atoms with Crippen molar-refractivity contribution in [3.63, 3.8) is 0 Å². The molecule has 1 fully saturated rings. The summed E-state index contributed by atoms with van der Waals surface area (Å²) in [4.78, 5) is 17.9. The SMILES string of the molecule is CCN(C(=O)c1cnccc1N)C1CC1. The Morgan fingerprint density at radius 3 is 2.93 bits per heavy atom. The molecule has 1 heterocycles. The highest BCUT2D eigenvalue weighted by Gasteiger charge is 2.32. The van der Waals surface area contributed by atoms with Crippen molar-refractivity contribution in [1.82, 2.24) is 9.88 Å². The van der Waals surface area contributed by atoms with Crippen LogP contribution in [0.3, 0.4) is 0 Å². The van der Waals surface area contributed by atoms with Gasteiger partial charge in [-0.05, 0) is 25.8 Å². The van der Waals surface area contributed by atoms with E-state index < -0.39 is 0 Å². The predicted octanol–water partition coefficient (Wildman–Crippen LogP) is 1.29. The van der Waals surface area contributed by atoms with E-state index in [9.17, 15) is 4.79 Å². The first-order valence-corrected chi connectivity index (χ1v) is 5.24. The Morgan fingerprint density at radius 1 is 1.67 bits per heavy atom. The van der Waals surface area contributed by atoms with Crippen molar-refractivity contribution in [2.45, 2.75) is 25.8 Å². The Labute approximate surface area is 89.1 Å². The molecule has 4 nitrogen and oxygen atoms in total. The number of carbonyl (C=O) groups is 1. The third kappa shape index (κ3) is 1.93. The van der Waals surface area contributed by atoms with E-state index in [1.54, 1.807) is 18.5 Å². The van der Waals surface area contributed by atoms with Crippen LogP contribution < -0.4 is 5.73 Å². The van der Waals surface area contributed by atoms with Crippen LogP contribution in [0.5, 0.6) is 0 Å². The first-order chi connectivity index (χ1) is 7.24. The summed E-state index contributed by atoms with van der Waals surface area (Å²) in [5, 5.41) is 0. The lowest BCUT2D eigenvalue weighted by molar-refractivity contribution is 0.0753. The molecule has 0 spiro atoms. The zero-order valence-corrected chi connectivity index (χ0v) is 8.81. The third-order valence-corrected chi connectivity index (χ3v) is 2.67. The molecule has 1 saturated carbocycles. The maximum absolute atomic E-state index is 12.1. The van der Waals surface area contributed by atoms with Crippen molar-refractivity contribution < 1.29 is 4.79 Å². The lowest BCUT2D eigenvalue weighted by atomic mass is 10.2. The Morgan fingerprint density at radius 2 is 2.40 bits per heavy atom. The first kappa shape index (κ1) is 9.96. The van der Waals surface area contributed by atoms with Crippen LogP contribution in [0.25, 0.3) is 0 Å². The van der Waals surface area contributed by atoms with Gasteiger partial charge in [0.1, 0.15) is 0 Å². The molecule has 1 aliphatic carbocycles. The van der Waals surface area contributed by atoms with Crippen LogP contribution in [-0.2, 0) is 0 Å². The summed E-state index contributed by atoms with van der Waals surface area (Å²) in [6.45, 7) is 2.72. The minimum atomic E-state index is 0.00519. The third-order valence-electron chi connectivity index (χ3n) is 2.67. The summed E-state index contributed by atoms with van der Waals surface area (Å²) in [6.07, 6.45) is 5.36. The molecule has 1 aliphatic rings. The number of anilines is 1. The van der Waals surface area contributed by atoms with Crippen LogP contribution in [0.4, 0.5) is 5.69 Å². The summed E-state index contributed by atoms with van der Waals surface area (Å²) >= 11 is 0. The van der Waals surface area contributed by atoms with Crippen molar-refractivity contribution in [1.29, 1.82) is 0 Å². The van der Waals surface area contributed by atoms with Crippen molar-refractivity contribution in [3.8, 4) is 0 Å². The maximum atomic E-state index is 12.1. The van der Waals surface area contributed by atoms with Gasteiger partial charge >= 0.3 is 0 Å². The largest absolute Gasteiger partial charge is 0.398 e. The van der Waals surface area contributed by atoms with Crippen LogP contribution >= 0.6 is 0 Å². The van der Waals surface area contributed by atoms with E-state index in [-0.39, 0.29) is 5.91 Å². The van der Waals surface area contributed by atoms with Gasteiger partial charge in [-0.1, -0.05) is 0 Å². The van der Waals surface area contributed by atoms with Gasteiger partial charge < -0.3 is 10.6 Å². The maximum Gasteiger partial charge on any atom is 0.257 e. The molecule has 4 heteroatoms. The number of rotatable bonds is 3. The number of amides is 1. The van der Waals surface area contributed by atoms with Crippen LogP contribution in [0.2, 0.25) is 0 Å². The molecule has 0 unspecified atom stereocenters. The number of nitrogens with zero attached hydrogens (tertiary/aromatic N) is 2. The average Bonchev–Trinajstić information content (AvgIpc) is 3.03. The molecule has 2 N–H and O–H groups in total. The molecular formula is C11H15N3O. The highest BCUT2D eigenvalue weighted by atomic mass is 16.2. The van der Waals surface area contributed by atoms with Crippen LogP contribution in [0.1, 0.15) is 30.1 Å². The van der Waals surface area contributed by atoms with Crippen molar-refractivity contribution in [2.24, 2.45) is 0 Å². The van der Waals surface area contributed by atoms with Crippen molar-refractivity contribution in [3.05, 3.63) is 24.0 Å². The van der Waals surface area contributed by atoms with E-state index >= 15 is 0 Å². The Balaban J connectivity index is 2.22. The molecule has 0 bridgehead atoms. The first-order valence-electron chi connectivity index (χ1n) is 5.24. The summed E-state index contributed by atoms with van der Waals surface area (Å²) in [7, 11) is 0. The van der Waals surface area contributed by atoms with Gasteiger partial charge in [-0.25, -0.2) is 0 Å².